The van der Waals surface area contributed by atoms with Crippen LogP contribution < -0.4 is 45.3 Å². The van der Waals surface area contributed by atoms with Gasteiger partial charge in [-0.25, -0.2) is 19.5 Å². The van der Waals surface area contributed by atoms with Crippen LogP contribution in [0.25, 0.3) is 0 Å². The van der Waals surface area contributed by atoms with E-state index in [4.69, 9.17) is 9.47 Å². The normalized spacial score (nSPS) is 22.3. The largest absolute Gasteiger partial charge is 1.00 e. The Bertz CT molecular complexity index is 1440. The van der Waals surface area contributed by atoms with Gasteiger partial charge in [0.25, 0.3) is 5.91 Å². The van der Waals surface area contributed by atoms with E-state index in [0.29, 0.717) is 11.3 Å². The molecular weight excluding hydrogens is 595 g/mol. The molecule has 3 atom stereocenters. The third-order valence-corrected chi connectivity index (χ3v) is 8.06. The van der Waals surface area contributed by atoms with Crippen LogP contribution in [0.5, 0.6) is 0 Å². The fraction of sp³-hybridized carbons (Fsp3) is 0.346. The van der Waals surface area contributed by atoms with Crippen molar-refractivity contribution in [3.05, 3.63) is 59.5 Å². The Balaban J connectivity index is 0.00000423. The summed E-state index contributed by atoms with van der Waals surface area (Å²) < 4.78 is 9.97. The predicted molar refractivity (Wildman–Crippen MR) is 143 cm³/mol. The number of amides is 6. The molecule has 1 aromatic rings. The summed E-state index contributed by atoms with van der Waals surface area (Å²) in [4.78, 5) is 77.5. The SMILES string of the molecule is CC(=O)OCC1=C(C(=O)[O-])N2C(=O)C(NC(=O)C(NC(=O)N3CCN(N=C4C=COC4)C3=O)c3ccccc3)[C@@H]2SC1.[Na+]. The maximum absolute atomic E-state index is 13.5. The molecule has 0 aliphatic carbocycles. The summed E-state index contributed by atoms with van der Waals surface area (Å²) in [5, 5.41) is 21.6. The van der Waals surface area contributed by atoms with Gasteiger partial charge in [0, 0.05) is 18.2 Å². The average molecular weight is 621 g/mol. The van der Waals surface area contributed by atoms with Gasteiger partial charge in [0.15, 0.2) is 0 Å². The number of nitrogens with one attached hydrogen (secondary N) is 2. The van der Waals surface area contributed by atoms with Crippen LogP contribution in [0.2, 0.25) is 0 Å². The van der Waals surface area contributed by atoms with Crippen LogP contribution in [0.15, 0.2) is 59.0 Å². The first kappa shape index (κ1) is 32.1. The van der Waals surface area contributed by atoms with E-state index in [2.05, 4.69) is 15.7 Å². The number of hydrogen-bond donors (Lipinski definition) is 2. The van der Waals surface area contributed by atoms with E-state index in [9.17, 15) is 33.9 Å². The maximum Gasteiger partial charge on any atom is 1.00 e. The summed E-state index contributed by atoms with van der Waals surface area (Å²) in [6, 6.07) is 4.33. The molecule has 4 aliphatic rings. The minimum absolute atomic E-state index is 0. The summed E-state index contributed by atoms with van der Waals surface area (Å²) in [6.45, 7) is 1.23. The second kappa shape index (κ2) is 13.6. The van der Waals surface area contributed by atoms with Crippen molar-refractivity contribution in [1.29, 1.82) is 0 Å². The second-order valence-corrected chi connectivity index (χ2v) is 10.6. The molecule has 2 unspecified atom stereocenters. The van der Waals surface area contributed by atoms with Crippen molar-refractivity contribution in [2.24, 2.45) is 5.10 Å². The van der Waals surface area contributed by atoms with Crippen LogP contribution in [0.1, 0.15) is 18.5 Å². The monoisotopic (exact) mass is 620 g/mol. The third-order valence-electron chi connectivity index (χ3n) is 6.72. The molecule has 2 saturated heterocycles. The van der Waals surface area contributed by atoms with Crippen LogP contribution in [0, 0.1) is 0 Å². The van der Waals surface area contributed by atoms with E-state index in [1.165, 1.54) is 24.9 Å². The standard InChI is InChI=1S/C26H26N6O9S.Na/c1-14(33)41-11-16-13-42-23-19(22(35)32(23)20(16)24(36)37)27-21(34)18(15-5-3-2-4-6-15)28-25(38)30-8-9-31(26(30)39)29-17-7-10-40-12-17;/h2-7,10,18-19,23H,8-9,11-13H2,1H3,(H,27,34)(H,28,38)(H,36,37);/q;+1/p-1/t18?,19?,23-;/m0./s1. The molecule has 1 aromatic carbocycles. The number of ether oxygens (including phenoxy) is 2. The second-order valence-electron chi connectivity index (χ2n) is 9.47. The molecule has 5 rings (SSSR count). The van der Waals surface area contributed by atoms with Gasteiger partial charge in [0.05, 0.1) is 31.0 Å². The molecule has 2 N–H and O–H groups in total. The van der Waals surface area contributed by atoms with E-state index in [1.54, 1.807) is 36.4 Å². The number of nitrogens with zero attached hydrogens (tertiary/aromatic N) is 4. The number of aliphatic carboxylic acids is 1. The van der Waals surface area contributed by atoms with Crippen molar-refractivity contribution in [3.8, 4) is 0 Å². The average Bonchev–Trinajstić information content (AvgIpc) is 3.62. The molecule has 2 fully saturated rings. The van der Waals surface area contributed by atoms with Crippen LogP contribution in [0.4, 0.5) is 9.59 Å². The number of esters is 1. The van der Waals surface area contributed by atoms with E-state index in [0.717, 1.165) is 14.8 Å². The first-order valence-corrected chi connectivity index (χ1v) is 13.8. The first-order valence-electron chi connectivity index (χ1n) is 12.8. The third kappa shape index (κ3) is 6.71. The number of carboxylic acid groups (broad SMARTS) is 1. The van der Waals surface area contributed by atoms with Gasteiger partial charge < -0.3 is 30.0 Å². The zero-order chi connectivity index (χ0) is 30.0. The number of fused-ring (bicyclic) bond motifs is 1. The Morgan fingerprint density at radius 1 is 1.19 bits per heavy atom. The number of β-lactam (4-membered cyclic amide) rings is 1. The summed E-state index contributed by atoms with van der Waals surface area (Å²) in [5.74, 6) is -3.54. The number of carboxylic acids is 1. The number of hydrogen-bond acceptors (Lipinski definition) is 11. The number of carbonyl (C=O) groups excluding carboxylic acids is 6. The van der Waals surface area contributed by atoms with Gasteiger partial charge in [-0.05, 0) is 11.6 Å². The molecule has 220 valence electrons. The molecule has 6 amide bonds. The fourth-order valence-electron chi connectivity index (χ4n) is 4.69. The van der Waals surface area contributed by atoms with Crippen molar-refractivity contribution in [2.45, 2.75) is 24.4 Å². The zero-order valence-corrected chi connectivity index (χ0v) is 26.0. The number of urea groups is 2. The number of thioether (sulfide) groups is 1. The van der Waals surface area contributed by atoms with Crippen LogP contribution in [-0.2, 0) is 28.7 Å². The zero-order valence-electron chi connectivity index (χ0n) is 23.2. The van der Waals surface area contributed by atoms with Crippen LogP contribution >= 0.6 is 11.8 Å². The van der Waals surface area contributed by atoms with Crippen LogP contribution in [-0.4, -0.2) is 99.8 Å². The molecule has 0 radical (unpaired) electrons. The number of imide groups is 1. The molecule has 15 nitrogen and oxygen atoms in total. The Morgan fingerprint density at radius 3 is 2.58 bits per heavy atom. The Kier molecular flexibility index (Phi) is 10.2. The fourth-order valence-corrected chi connectivity index (χ4v) is 6.01. The van der Waals surface area contributed by atoms with Crippen LogP contribution in [0.3, 0.4) is 0 Å². The summed E-state index contributed by atoms with van der Waals surface area (Å²) in [6.07, 6.45) is 3.05. The molecule has 0 bridgehead atoms. The van der Waals surface area contributed by atoms with Crippen molar-refractivity contribution < 1.29 is 72.9 Å². The van der Waals surface area contributed by atoms with Gasteiger partial charge in [0.1, 0.15) is 36.4 Å². The van der Waals surface area contributed by atoms with Gasteiger partial charge in [-0.2, -0.15) is 5.10 Å². The first-order chi connectivity index (χ1) is 20.2. The molecule has 0 saturated carbocycles. The number of carbonyl (C=O) groups is 6. The molecule has 17 heteroatoms. The van der Waals surface area contributed by atoms with Crippen molar-refractivity contribution in [1.82, 2.24) is 25.4 Å². The molecular formula is C26H25N6NaO9S. The minimum atomic E-state index is -1.61. The van der Waals surface area contributed by atoms with Gasteiger partial charge in [-0.1, -0.05) is 30.3 Å². The minimum Gasteiger partial charge on any atom is -0.543 e. The quantitative estimate of drug-likeness (QED) is 0.165. The van der Waals surface area contributed by atoms with Crippen molar-refractivity contribution in [3.63, 3.8) is 0 Å². The maximum atomic E-state index is 13.5. The predicted octanol–water partition coefficient (Wildman–Crippen LogP) is -3.95. The molecule has 4 heterocycles. The number of hydrazone groups is 1. The Morgan fingerprint density at radius 2 is 1.93 bits per heavy atom. The molecule has 43 heavy (non-hydrogen) atoms. The van der Waals surface area contributed by atoms with Gasteiger partial charge in [0.2, 0.25) is 5.91 Å². The Hall–Kier alpha value is -3.86. The summed E-state index contributed by atoms with van der Waals surface area (Å²) in [5.41, 5.74) is 0.704. The smallest absolute Gasteiger partial charge is 0.543 e. The van der Waals surface area contributed by atoms with Crippen molar-refractivity contribution in [2.75, 3.05) is 32.1 Å². The van der Waals surface area contributed by atoms with E-state index in [1.807, 2.05) is 0 Å². The van der Waals surface area contributed by atoms with Gasteiger partial charge >= 0.3 is 47.6 Å². The molecule has 0 aromatic heterocycles. The summed E-state index contributed by atoms with van der Waals surface area (Å²) in [7, 11) is 0. The van der Waals surface area contributed by atoms with E-state index >= 15 is 0 Å². The Labute approximate surface area is 271 Å². The summed E-state index contributed by atoms with van der Waals surface area (Å²) >= 11 is 1.18. The molecule has 0 spiro atoms. The number of rotatable bonds is 8. The van der Waals surface area contributed by atoms with E-state index < -0.39 is 59.0 Å². The van der Waals surface area contributed by atoms with Gasteiger partial charge in [-0.15, -0.1) is 11.8 Å². The molecule has 4 aliphatic heterocycles. The number of benzene rings is 1. The van der Waals surface area contributed by atoms with Crippen molar-refractivity contribution >= 4 is 53.3 Å². The van der Waals surface area contributed by atoms with Gasteiger partial charge in [-0.3, -0.25) is 19.3 Å². The van der Waals surface area contributed by atoms with E-state index in [-0.39, 0.29) is 67.2 Å². The topological polar surface area (TPSA) is 190 Å².